The van der Waals surface area contributed by atoms with Crippen molar-refractivity contribution >= 4 is 5.91 Å². The molecule has 118 valence electrons. The molecule has 0 aliphatic heterocycles. The first-order valence-corrected chi connectivity index (χ1v) is 8.69. The maximum Gasteiger partial charge on any atom is 0.338 e. The number of hydrogen-bond donors (Lipinski definition) is 0. The molecule has 0 rings (SSSR count). The topological polar surface area (TPSA) is 17.1 Å². The van der Waals surface area contributed by atoms with Crippen LogP contribution < -0.4 is 0 Å². The first-order chi connectivity index (χ1) is 9.66. The number of hydrogen-bond acceptors (Lipinski definition) is 1. The highest BCUT2D eigenvalue weighted by atomic mass is 16.2. The Morgan fingerprint density at radius 3 is 1.65 bits per heavy atom. The summed E-state index contributed by atoms with van der Waals surface area (Å²) in [5.41, 5.74) is 0. The summed E-state index contributed by atoms with van der Waals surface area (Å²) >= 11 is 0. The van der Waals surface area contributed by atoms with Crippen molar-refractivity contribution in [2.45, 2.75) is 78.6 Å². The second-order valence-corrected chi connectivity index (χ2v) is 5.98. The average molecular weight is 282 g/mol. The fourth-order valence-electron chi connectivity index (χ4n) is 2.97. The van der Waals surface area contributed by atoms with Gasteiger partial charge in [-0.05, 0) is 32.1 Å². The molecule has 0 aliphatic rings. The SMILES string of the molecule is C=CC(=O)[N+](CCC)(CCCCCC)CCCCCC. The molecule has 1 amide bonds. The van der Waals surface area contributed by atoms with Gasteiger partial charge in [0.2, 0.25) is 0 Å². The van der Waals surface area contributed by atoms with Gasteiger partial charge in [-0.1, -0.05) is 53.0 Å². The van der Waals surface area contributed by atoms with Gasteiger partial charge in [0.15, 0.2) is 0 Å². The average Bonchev–Trinajstić information content (AvgIpc) is 2.47. The molecule has 0 aliphatic carbocycles. The molecule has 0 aromatic carbocycles. The van der Waals surface area contributed by atoms with Crippen molar-refractivity contribution in [3.63, 3.8) is 0 Å². The van der Waals surface area contributed by atoms with E-state index in [9.17, 15) is 4.79 Å². The zero-order chi connectivity index (χ0) is 15.3. The molecule has 0 unspecified atom stereocenters. The summed E-state index contributed by atoms with van der Waals surface area (Å²) in [6, 6.07) is 0. The second-order valence-electron chi connectivity index (χ2n) is 5.98. The Hall–Kier alpha value is -0.630. The summed E-state index contributed by atoms with van der Waals surface area (Å²) in [6.07, 6.45) is 12.5. The smallest absolute Gasteiger partial charge is 0.257 e. The first-order valence-electron chi connectivity index (χ1n) is 8.69. The quantitative estimate of drug-likeness (QED) is 0.261. The van der Waals surface area contributed by atoms with E-state index in [1.165, 1.54) is 51.4 Å². The molecule has 0 bridgehead atoms. The number of carbonyl (C=O) groups is 1. The summed E-state index contributed by atoms with van der Waals surface area (Å²) in [4.78, 5) is 12.4. The lowest BCUT2D eigenvalue weighted by Gasteiger charge is -2.35. The third-order valence-electron chi connectivity index (χ3n) is 4.17. The minimum atomic E-state index is 0.236. The van der Waals surface area contributed by atoms with Crippen LogP contribution in [0.25, 0.3) is 0 Å². The van der Waals surface area contributed by atoms with E-state index in [1.807, 2.05) is 0 Å². The van der Waals surface area contributed by atoms with Crippen LogP contribution in [0.3, 0.4) is 0 Å². The summed E-state index contributed by atoms with van der Waals surface area (Å²) in [6.45, 7) is 13.4. The number of rotatable bonds is 13. The Morgan fingerprint density at radius 2 is 1.30 bits per heavy atom. The van der Waals surface area contributed by atoms with Crippen molar-refractivity contribution in [3.8, 4) is 0 Å². The Morgan fingerprint density at radius 1 is 0.800 bits per heavy atom. The summed E-state index contributed by atoms with van der Waals surface area (Å²) in [5, 5.41) is 0. The van der Waals surface area contributed by atoms with Crippen LogP contribution in [0, 0.1) is 0 Å². The highest BCUT2D eigenvalue weighted by Crippen LogP contribution is 2.17. The molecule has 0 heterocycles. The number of quaternary nitrogens is 1. The summed E-state index contributed by atoms with van der Waals surface area (Å²) in [5.74, 6) is 0.236. The van der Waals surface area contributed by atoms with E-state index in [2.05, 4.69) is 27.4 Å². The molecule has 0 radical (unpaired) electrons. The molecule has 2 nitrogen and oxygen atoms in total. The second kappa shape index (κ2) is 12.1. The van der Waals surface area contributed by atoms with Crippen LogP contribution in [0.1, 0.15) is 78.6 Å². The van der Waals surface area contributed by atoms with Crippen LogP contribution in [0.15, 0.2) is 12.7 Å². The van der Waals surface area contributed by atoms with Crippen LogP contribution >= 0.6 is 0 Å². The van der Waals surface area contributed by atoms with E-state index in [0.717, 1.165) is 26.1 Å². The number of unbranched alkanes of at least 4 members (excludes halogenated alkanes) is 6. The van der Waals surface area contributed by atoms with Crippen LogP contribution in [0.2, 0.25) is 0 Å². The van der Waals surface area contributed by atoms with E-state index in [4.69, 9.17) is 0 Å². The Kier molecular flexibility index (Phi) is 11.8. The molecule has 0 N–H and O–H groups in total. The molecular weight excluding hydrogens is 246 g/mol. The molecule has 0 spiro atoms. The normalized spacial score (nSPS) is 11.6. The van der Waals surface area contributed by atoms with Crippen LogP contribution in [-0.4, -0.2) is 30.0 Å². The number of nitrogens with zero attached hydrogens (tertiary/aromatic N) is 1. The van der Waals surface area contributed by atoms with Crippen molar-refractivity contribution in [1.29, 1.82) is 0 Å². The van der Waals surface area contributed by atoms with Gasteiger partial charge < -0.3 is 0 Å². The lowest BCUT2D eigenvalue weighted by atomic mass is 10.1. The molecule has 0 atom stereocenters. The van der Waals surface area contributed by atoms with E-state index >= 15 is 0 Å². The fourth-order valence-corrected chi connectivity index (χ4v) is 2.97. The van der Waals surface area contributed by atoms with Gasteiger partial charge >= 0.3 is 5.91 Å². The van der Waals surface area contributed by atoms with E-state index in [1.54, 1.807) is 6.08 Å². The monoisotopic (exact) mass is 282 g/mol. The van der Waals surface area contributed by atoms with Gasteiger partial charge in [-0.2, -0.15) is 0 Å². The molecule has 0 aromatic rings. The van der Waals surface area contributed by atoms with Gasteiger partial charge in [0.05, 0.1) is 19.6 Å². The van der Waals surface area contributed by atoms with Gasteiger partial charge in [-0.15, -0.1) is 0 Å². The lowest BCUT2D eigenvalue weighted by Crippen LogP contribution is -2.53. The molecular formula is C18H36NO+. The van der Waals surface area contributed by atoms with Crippen molar-refractivity contribution in [1.82, 2.24) is 0 Å². The Balaban J connectivity index is 4.58. The Bertz CT molecular complexity index is 248. The van der Waals surface area contributed by atoms with Crippen molar-refractivity contribution in [3.05, 3.63) is 12.7 Å². The zero-order valence-electron chi connectivity index (χ0n) is 14.1. The molecule has 20 heavy (non-hydrogen) atoms. The van der Waals surface area contributed by atoms with Crippen molar-refractivity contribution in [2.24, 2.45) is 0 Å². The first kappa shape index (κ1) is 19.4. The zero-order valence-corrected chi connectivity index (χ0v) is 14.1. The predicted molar refractivity (Wildman–Crippen MR) is 88.6 cm³/mol. The summed E-state index contributed by atoms with van der Waals surface area (Å²) in [7, 11) is 0. The van der Waals surface area contributed by atoms with Crippen LogP contribution in [0.4, 0.5) is 0 Å². The maximum atomic E-state index is 12.4. The van der Waals surface area contributed by atoms with Gasteiger partial charge in [-0.3, -0.25) is 4.48 Å². The standard InChI is InChI=1S/C18H36NO/c1-5-9-11-13-16-19(15-7-3,18(20)8-4)17-14-12-10-6-2/h8H,4-7,9-17H2,1-3H3/q+1. The number of amides is 1. The van der Waals surface area contributed by atoms with Gasteiger partial charge in [0, 0.05) is 6.08 Å². The van der Waals surface area contributed by atoms with Gasteiger partial charge in [0.25, 0.3) is 0 Å². The number of carbonyl (C=O) groups excluding carboxylic acids is 1. The molecule has 2 heteroatoms. The molecule has 0 saturated carbocycles. The van der Waals surface area contributed by atoms with Gasteiger partial charge in [0.1, 0.15) is 0 Å². The van der Waals surface area contributed by atoms with E-state index in [0.29, 0.717) is 4.48 Å². The highest BCUT2D eigenvalue weighted by molar-refractivity contribution is 5.80. The van der Waals surface area contributed by atoms with Crippen molar-refractivity contribution in [2.75, 3.05) is 19.6 Å². The fraction of sp³-hybridized carbons (Fsp3) is 0.833. The minimum absolute atomic E-state index is 0.236. The minimum Gasteiger partial charge on any atom is -0.257 e. The molecule has 0 fully saturated rings. The molecule has 0 saturated heterocycles. The predicted octanol–water partition coefficient (Wildman–Crippen LogP) is 5.09. The van der Waals surface area contributed by atoms with Gasteiger partial charge in [-0.25, -0.2) is 4.79 Å². The third kappa shape index (κ3) is 7.23. The summed E-state index contributed by atoms with van der Waals surface area (Å²) < 4.78 is 0.646. The van der Waals surface area contributed by atoms with E-state index in [-0.39, 0.29) is 5.91 Å². The highest BCUT2D eigenvalue weighted by Gasteiger charge is 2.32. The maximum absolute atomic E-state index is 12.4. The third-order valence-corrected chi connectivity index (χ3v) is 4.17. The van der Waals surface area contributed by atoms with E-state index < -0.39 is 0 Å². The molecule has 0 aromatic heterocycles. The Labute approximate surface area is 126 Å². The van der Waals surface area contributed by atoms with Crippen molar-refractivity contribution < 1.29 is 9.28 Å². The van der Waals surface area contributed by atoms with Crippen LogP contribution in [0.5, 0.6) is 0 Å². The lowest BCUT2D eigenvalue weighted by molar-refractivity contribution is -0.853. The largest absolute Gasteiger partial charge is 0.338 e. The van der Waals surface area contributed by atoms with Crippen LogP contribution in [-0.2, 0) is 4.79 Å².